The fourth-order valence-corrected chi connectivity index (χ4v) is 5.68. The van der Waals surface area contributed by atoms with E-state index in [4.69, 9.17) is 19.6 Å². The Morgan fingerprint density at radius 3 is 2.57 bits per heavy atom. The molecule has 35 heavy (non-hydrogen) atoms. The lowest BCUT2D eigenvalue weighted by atomic mass is 9.85. The van der Waals surface area contributed by atoms with Crippen molar-refractivity contribution in [1.82, 2.24) is 24.6 Å². The lowest BCUT2D eigenvalue weighted by molar-refractivity contribution is -0.0712. The fourth-order valence-electron chi connectivity index (χ4n) is 5.68. The quantitative estimate of drug-likeness (QED) is 0.597. The first-order valence-corrected chi connectivity index (χ1v) is 12.7. The van der Waals surface area contributed by atoms with Crippen LogP contribution in [0.2, 0.25) is 0 Å². The Labute approximate surface area is 205 Å². The van der Waals surface area contributed by atoms with E-state index in [9.17, 15) is 5.11 Å². The normalized spacial score (nSPS) is 22.6. The van der Waals surface area contributed by atoms with Crippen molar-refractivity contribution in [2.24, 2.45) is 0 Å². The van der Waals surface area contributed by atoms with Gasteiger partial charge in [0.1, 0.15) is 11.6 Å². The number of aliphatic hydroxyl groups excluding tert-OH is 1. The minimum atomic E-state index is -0.193. The third kappa shape index (κ3) is 4.42. The maximum absolute atomic E-state index is 9.54. The van der Waals surface area contributed by atoms with Gasteiger partial charge in [0.05, 0.1) is 50.3 Å². The molecule has 9 nitrogen and oxygen atoms in total. The molecule has 3 aromatic rings. The first-order valence-electron chi connectivity index (χ1n) is 12.7. The molecule has 9 heteroatoms. The van der Waals surface area contributed by atoms with E-state index in [0.717, 1.165) is 55.4 Å². The zero-order valence-electron chi connectivity index (χ0n) is 20.6. The third-order valence-corrected chi connectivity index (χ3v) is 7.76. The molecule has 1 aromatic carbocycles. The molecule has 0 spiro atoms. The number of fused-ring (bicyclic) bond motifs is 1. The molecule has 3 aliphatic heterocycles. The van der Waals surface area contributed by atoms with E-state index in [2.05, 4.69) is 33.8 Å². The van der Waals surface area contributed by atoms with E-state index in [-0.39, 0.29) is 12.7 Å². The van der Waals surface area contributed by atoms with Crippen LogP contribution in [0.4, 0.5) is 5.82 Å². The molecule has 0 saturated carbocycles. The minimum absolute atomic E-state index is 0.00665. The van der Waals surface area contributed by atoms with Gasteiger partial charge in [0, 0.05) is 24.5 Å². The van der Waals surface area contributed by atoms with Crippen LogP contribution in [-0.4, -0.2) is 94.5 Å². The number of anilines is 1. The lowest BCUT2D eigenvalue weighted by Crippen LogP contribution is -2.51. The molecule has 3 aliphatic rings. The second kappa shape index (κ2) is 9.46. The molecule has 0 radical (unpaired) electrons. The highest BCUT2D eigenvalue weighted by molar-refractivity contribution is 5.82. The van der Waals surface area contributed by atoms with Gasteiger partial charge in [-0.25, -0.2) is 14.6 Å². The summed E-state index contributed by atoms with van der Waals surface area (Å²) in [5, 5.41) is 15.4. The highest BCUT2D eigenvalue weighted by Crippen LogP contribution is 2.34. The Bertz CT molecular complexity index is 1200. The molecule has 6 rings (SSSR count). The predicted octanol–water partition coefficient (Wildman–Crippen LogP) is 2.21. The smallest absolute Gasteiger partial charge is 0.159 e. The van der Waals surface area contributed by atoms with Crippen molar-refractivity contribution >= 4 is 16.7 Å². The average Bonchev–Trinajstić information content (AvgIpc) is 3.25. The van der Waals surface area contributed by atoms with Crippen LogP contribution in [0.3, 0.4) is 0 Å². The van der Waals surface area contributed by atoms with Crippen LogP contribution in [0.5, 0.6) is 0 Å². The number of likely N-dealkylation sites (tertiary alicyclic amines) is 1. The van der Waals surface area contributed by atoms with E-state index >= 15 is 0 Å². The summed E-state index contributed by atoms with van der Waals surface area (Å²) in [4.78, 5) is 14.2. The van der Waals surface area contributed by atoms with Crippen molar-refractivity contribution in [1.29, 1.82) is 0 Å². The number of rotatable bonds is 5. The zero-order valence-corrected chi connectivity index (χ0v) is 20.6. The highest BCUT2D eigenvalue weighted by atomic mass is 16.5. The van der Waals surface area contributed by atoms with E-state index in [1.165, 1.54) is 24.0 Å². The van der Waals surface area contributed by atoms with Gasteiger partial charge in [0.2, 0.25) is 0 Å². The Balaban J connectivity index is 1.30. The number of hydrogen-bond acceptors (Lipinski definition) is 8. The number of benzene rings is 1. The molecule has 5 heterocycles. The van der Waals surface area contributed by atoms with Gasteiger partial charge in [-0.3, -0.25) is 4.90 Å². The van der Waals surface area contributed by atoms with Crippen molar-refractivity contribution in [3.8, 4) is 5.82 Å². The molecule has 0 unspecified atom stereocenters. The van der Waals surface area contributed by atoms with Gasteiger partial charge >= 0.3 is 0 Å². The van der Waals surface area contributed by atoms with Crippen LogP contribution in [0.1, 0.15) is 35.7 Å². The maximum atomic E-state index is 9.54. The first-order chi connectivity index (χ1) is 17.1. The van der Waals surface area contributed by atoms with Crippen LogP contribution >= 0.6 is 0 Å². The van der Waals surface area contributed by atoms with Crippen LogP contribution in [0.25, 0.3) is 16.7 Å². The Morgan fingerprint density at radius 2 is 1.83 bits per heavy atom. The first kappa shape index (κ1) is 22.8. The molecule has 1 atom stereocenters. The number of aliphatic hydroxyl groups is 1. The summed E-state index contributed by atoms with van der Waals surface area (Å²) in [6.07, 6.45) is 4.09. The van der Waals surface area contributed by atoms with Crippen molar-refractivity contribution in [3.63, 3.8) is 0 Å². The standard InChI is InChI=1S/C26H34N6O3/c1-17-9-20-12-27-32(24(20)10-23(17)19-3-5-30(6-4-19)21-15-34-16-21)26-11-25(28-18(2)29-26)31-7-8-35-22(13-31)14-33/h9-12,19,21-22,33H,3-8,13-16H2,1-2H3/t22-/m0/s1. The van der Waals surface area contributed by atoms with Gasteiger partial charge in [-0.2, -0.15) is 5.10 Å². The summed E-state index contributed by atoms with van der Waals surface area (Å²) in [7, 11) is 0. The van der Waals surface area contributed by atoms with Gasteiger partial charge in [0.25, 0.3) is 0 Å². The van der Waals surface area contributed by atoms with Crippen LogP contribution in [-0.2, 0) is 9.47 Å². The molecule has 2 aromatic heterocycles. The highest BCUT2D eigenvalue weighted by Gasteiger charge is 2.31. The Morgan fingerprint density at radius 1 is 1.03 bits per heavy atom. The van der Waals surface area contributed by atoms with Gasteiger partial charge in [-0.1, -0.05) is 0 Å². The second-order valence-corrected chi connectivity index (χ2v) is 10.1. The zero-order chi connectivity index (χ0) is 23.9. The maximum Gasteiger partial charge on any atom is 0.159 e. The van der Waals surface area contributed by atoms with Gasteiger partial charge in [-0.15, -0.1) is 0 Å². The SMILES string of the molecule is Cc1nc(N2CCO[C@H](CO)C2)cc(-n2ncc3cc(C)c(C4CCN(C5COC5)CC4)cc32)n1. The molecule has 0 bridgehead atoms. The topological polar surface area (TPSA) is 88.8 Å². The summed E-state index contributed by atoms with van der Waals surface area (Å²) in [5.74, 6) is 2.88. The van der Waals surface area contributed by atoms with E-state index in [1.807, 2.05) is 23.9 Å². The molecule has 0 aliphatic carbocycles. The molecule has 186 valence electrons. The molecule has 1 N–H and O–H groups in total. The van der Waals surface area contributed by atoms with Crippen molar-refractivity contribution in [2.45, 2.75) is 44.8 Å². The number of aromatic nitrogens is 4. The average molecular weight is 479 g/mol. The third-order valence-electron chi connectivity index (χ3n) is 7.76. The number of aryl methyl sites for hydroxylation is 2. The predicted molar refractivity (Wildman–Crippen MR) is 133 cm³/mol. The summed E-state index contributed by atoms with van der Waals surface area (Å²) in [5.41, 5.74) is 3.85. The Hall–Kier alpha value is -2.59. The molecular weight excluding hydrogens is 444 g/mol. The number of piperidine rings is 1. The monoisotopic (exact) mass is 478 g/mol. The van der Waals surface area contributed by atoms with Crippen LogP contribution in [0.15, 0.2) is 24.4 Å². The second-order valence-electron chi connectivity index (χ2n) is 10.1. The molecule has 3 saturated heterocycles. The van der Waals surface area contributed by atoms with Crippen LogP contribution < -0.4 is 4.90 Å². The van der Waals surface area contributed by atoms with Gasteiger partial charge in [-0.05, 0) is 69.0 Å². The minimum Gasteiger partial charge on any atom is -0.394 e. The van der Waals surface area contributed by atoms with Gasteiger partial charge in [0.15, 0.2) is 5.82 Å². The molecule has 0 amide bonds. The van der Waals surface area contributed by atoms with E-state index in [1.54, 1.807) is 0 Å². The Kier molecular flexibility index (Phi) is 6.18. The van der Waals surface area contributed by atoms with Crippen molar-refractivity contribution in [2.75, 3.05) is 57.5 Å². The fraction of sp³-hybridized carbons (Fsp3) is 0.577. The van der Waals surface area contributed by atoms with E-state index < -0.39 is 0 Å². The number of ether oxygens (including phenoxy) is 2. The summed E-state index contributed by atoms with van der Waals surface area (Å²) >= 11 is 0. The largest absolute Gasteiger partial charge is 0.394 e. The van der Waals surface area contributed by atoms with Gasteiger partial charge < -0.3 is 19.5 Å². The number of morpholine rings is 1. The lowest BCUT2D eigenvalue weighted by Gasteiger charge is -2.41. The number of hydrogen-bond donors (Lipinski definition) is 1. The summed E-state index contributed by atoms with van der Waals surface area (Å²) < 4.78 is 13.0. The molecule has 3 fully saturated rings. The van der Waals surface area contributed by atoms with E-state index in [0.29, 0.717) is 30.9 Å². The van der Waals surface area contributed by atoms with Crippen LogP contribution in [0, 0.1) is 13.8 Å². The number of nitrogens with zero attached hydrogens (tertiary/aromatic N) is 6. The van der Waals surface area contributed by atoms with Crippen molar-refractivity contribution < 1.29 is 14.6 Å². The molecular formula is C26H34N6O3. The summed E-state index contributed by atoms with van der Waals surface area (Å²) in [6, 6.07) is 7.22. The summed E-state index contributed by atoms with van der Waals surface area (Å²) in [6.45, 7) is 10.1. The van der Waals surface area contributed by atoms with Crippen molar-refractivity contribution in [3.05, 3.63) is 41.3 Å².